The largest absolute Gasteiger partial charge is 0.324 e. The molecule has 2 atom stereocenters. The molecule has 2 unspecified atom stereocenters. The Morgan fingerprint density at radius 2 is 1.80 bits per heavy atom. The number of sulfonamides is 1. The van der Waals surface area contributed by atoms with Crippen molar-refractivity contribution >= 4 is 10.0 Å². The van der Waals surface area contributed by atoms with Crippen molar-refractivity contribution in [3.05, 3.63) is 29.8 Å². The van der Waals surface area contributed by atoms with Gasteiger partial charge in [-0.25, -0.2) is 13.1 Å². The predicted octanol–water partition coefficient (Wildman–Crippen LogP) is 2.81. The van der Waals surface area contributed by atoms with Crippen LogP contribution in [-0.2, 0) is 10.0 Å². The first kappa shape index (κ1) is 17.1. The van der Waals surface area contributed by atoms with Crippen molar-refractivity contribution in [2.75, 3.05) is 0 Å². The highest BCUT2D eigenvalue weighted by Crippen LogP contribution is 2.19. The number of benzene rings is 1. The molecule has 0 spiro atoms. The maximum absolute atomic E-state index is 12.4. The third-order valence-corrected chi connectivity index (χ3v) is 5.35. The van der Waals surface area contributed by atoms with Crippen molar-refractivity contribution in [2.24, 2.45) is 11.7 Å². The summed E-state index contributed by atoms with van der Waals surface area (Å²) in [5, 5.41) is 0. The van der Waals surface area contributed by atoms with E-state index in [0.717, 1.165) is 18.4 Å². The molecular formula is C15H26N2O2S. The van der Waals surface area contributed by atoms with Crippen LogP contribution in [0.2, 0.25) is 0 Å². The summed E-state index contributed by atoms with van der Waals surface area (Å²) in [6.07, 6.45) is 1.92. The molecule has 4 nitrogen and oxygen atoms in total. The average molecular weight is 298 g/mol. The molecule has 5 heteroatoms. The molecule has 0 fully saturated rings. The van der Waals surface area contributed by atoms with E-state index in [1.807, 2.05) is 19.9 Å². The van der Waals surface area contributed by atoms with E-state index < -0.39 is 10.0 Å². The lowest BCUT2D eigenvalue weighted by atomic mass is 9.96. The number of nitrogens with two attached hydrogens (primary N) is 1. The van der Waals surface area contributed by atoms with Gasteiger partial charge in [0.05, 0.1) is 4.90 Å². The van der Waals surface area contributed by atoms with Gasteiger partial charge in [0.1, 0.15) is 0 Å². The third kappa shape index (κ3) is 4.30. The van der Waals surface area contributed by atoms with Gasteiger partial charge < -0.3 is 5.73 Å². The highest BCUT2D eigenvalue weighted by molar-refractivity contribution is 7.89. The smallest absolute Gasteiger partial charge is 0.240 e. The maximum atomic E-state index is 12.4. The van der Waals surface area contributed by atoms with Gasteiger partial charge in [-0.05, 0) is 37.5 Å². The average Bonchev–Trinajstić information content (AvgIpc) is 2.39. The summed E-state index contributed by atoms with van der Waals surface area (Å²) in [5.74, 6) is 0.349. The second-order valence-corrected chi connectivity index (χ2v) is 7.06. The van der Waals surface area contributed by atoms with Crippen molar-refractivity contribution in [2.45, 2.75) is 57.5 Å². The van der Waals surface area contributed by atoms with E-state index >= 15 is 0 Å². The molecule has 114 valence electrons. The molecule has 0 saturated carbocycles. The van der Waals surface area contributed by atoms with Crippen LogP contribution in [0.25, 0.3) is 0 Å². The molecule has 0 aromatic heterocycles. The van der Waals surface area contributed by atoms with Gasteiger partial charge in [0, 0.05) is 12.1 Å². The molecule has 20 heavy (non-hydrogen) atoms. The molecule has 0 heterocycles. The van der Waals surface area contributed by atoms with E-state index in [2.05, 4.69) is 18.6 Å². The van der Waals surface area contributed by atoms with E-state index in [1.165, 1.54) is 0 Å². The van der Waals surface area contributed by atoms with Gasteiger partial charge in [0.25, 0.3) is 0 Å². The van der Waals surface area contributed by atoms with Gasteiger partial charge in [0.2, 0.25) is 10.0 Å². The fourth-order valence-electron chi connectivity index (χ4n) is 2.37. The van der Waals surface area contributed by atoms with E-state index in [1.54, 1.807) is 18.2 Å². The van der Waals surface area contributed by atoms with E-state index in [9.17, 15) is 8.42 Å². The number of hydrogen-bond acceptors (Lipinski definition) is 3. The van der Waals surface area contributed by atoms with Crippen LogP contribution in [0.1, 0.15) is 52.1 Å². The predicted molar refractivity (Wildman–Crippen MR) is 82.9 cm³/mol. The monoisotopic (exact) mass is 298 g/mol. The minimum atomic E-state index is -3.49. The molecule has 1 aromatic carbocycles. The zero-order valence-corrected chi connectivity index (χ0v) is 13.6. The highest BCUT2D eigenvalue weighted by atomic mass is 32.2. The van der Waals surface area contributed by atoms with Crippen LogP contribution < -0.4 is 10.5 Å². The molecule has 0 aliphatic rings. The summed E-state index contributed by atoms with van der Waals surface area (Å²) in [5.41, 5.74) is 6.63. The molecule has 0 aliphatic carbocycles. The second-order valence-electron chi connectivity index (χ2n) is 5.35. The Morgan fingerprint density at radius 3 is 2.30 bits per heavy atom. The van der Waals surface area contributed by atoms with Crippen molar-refractivity contribution < 1.29 is 8.42 Å². The molecule has 0 aliphatic heterocycles. The fourth-order valence-corrected chi connectivity index (χ4v) is 3.74. The van der Waals surface area contributed by atoms with Crippen LogP contribution in [0.4, 0.5) is 0 Å². The van der Waals surface area contributed by atoms with E-state index in [0.29, 0.717) is 5.92 Å². The summed E-state index contributed by atoms with van der Waals surface area (Å²) in [7, 11) is -3.49. The minimum absolute atomic E-state index is 0.0750. The van der Waals surface area contributed by atoms with Gasteiger partial charge in [0.15, 0.2) is 0 Å². The number of rotatable bonds is 7. The maximum Gasteiger partial charge on any atom is 0.240 e. The lowest BCUT2D eigenvalue weighted by Crippen LogP contribution is -2.37. The standard InChI is InChI=1S/C15H26N2O2S/c1-5-13(6-2)12(4)17-20(18,19)15-9-7-8-14(10-15)11(3)16/h7-13,17H,5-6,16H2,1-4H3. The Hall–Kier alpha value is -0.910. The first-order chi connectivity index (χ1) is 9.31. The third-order valence-electron chi connectivity index (χ3n) is 3.79. The summed E-state index contributed by atoms with van der Waals surface area (Å²) in [4.78, 5) is 0.283. The molecule has 0 amide bonds. The second kappa shape index (κ2) is 7.20. The van der Waals surface area contributed by atoms with E-state index in [-0.39, 0.29) is 17.0 Å². The van der Waals surface area contributed by atoms with Crippen LogP contribution >= 0.6 is 0 Å². The first-order valence-corrected chi connectivity index (χ1v) is 8.68. The molecule has 0 bridgehead atoms. The Morgan fingerprint density at radius 1 is 1.20 bits per heavy atom. The van der Waals surface area contributed by atoms with Crippen LogP contribution in [-0.4, -0.2) is 14.5 Å². The molecular weight excluding hydrogens is 272 g/mol. The SMILES string of the molecule is CCC(CC)C(C)NS(=O)(=O)c1cccc(C(C)N)c1. The normalized spacial score (nSPS) is 15.3. The van der Waals surface area contributed by atoms with Gasteiger partial charge >= 0.3 is 0 Å². The summed E-state index contributed by atoms with van der Waals surface area (Å²) >= 11 is 0. The highest BCUT2D eigenvalue weighted by Gasteiger charge is 2.22. The molecule has 1 aromatic rings. The lowest BCUT2D eigenvalue weighted by Gasteiger charge is -2.22. The Kier molecular flexibility index (Phi) is 6.17. The van der Waals surface area contributed by atoms with Crippen molar-refractivity contribution in [3.8, 4) is 0 Å². The quantitative estimate of drug-likeness (QED) is 0.813. The molecule has 1 rings (SSSR count). The topological polar surface area (TPSA) is 72.2 Å². The van der Waals surface area contributed by atoms with Crippen LogP contribution in [0, 0.1) is 5.92 Å². The van der Waals surface area contributed by atoms with Gasteiger partial charge in [-0.1, -0.05) is 38.8 Å². The summed E-state index contributed by atoms with van der Waals surface area (Å²) < 4.78 is 27.6. The summed E-state index contributed by atoms with van der Waals surface area (Å²) in [6, 6.07) is 6.57. The van der Waals surface area contributed by atoms with Crippen LogP contribution in [0.5, 0.6) is 0 Å². The van der Waals surface area contributed by atoms with Crippen molar-refractivity contribution in [1.29, 1.82) is 0 Å². The van der Waals surface area contributed by atoms with Gasteiger partial charge in [-0.2, -0.15) is 0 Å². The zero-order valence-electron chi connectivity index (χ0n) is 12.8. The lowest BCUT2D eigenvalue weighted by molar-refractivity contribution is 0.390. The van der Waals surface area contributed by atoms with Crippen LogP contribution in [0.15, 0.2) is 29.2 Å². The number of nitrogens with one attached hydrogen (secondary N) is 1. The van der Waals surface area contributed by atoms with Gasteiger partial charge in [-0.15, -0.1) is 0 Å². The zero-order chi connectivity index (χ0) is 15.3. The Balaban J connectivity index is 2.96. The fraction of sp³-hybridized carbons (Fsp3) is 0.600. The van der Waals surface area contributed by atoms with Crippen LogP contribution in [0.3, 0.4) is 0 Å². The Labute approximate surface area is 122 Å². The molecule has 3 N–H and O–H groups in total. The molecule has 0 radical (unpaired) electrons. The summed E-state index contributed by atoms with van der Waals surface area (Å²) in [6.45, 7) is 7.92. The Bertz CT molecular complexity index is 522. The molecule has 0 saturated heterocycles. The van der Waals surface area contributed by atoms with Crippen molar-refractivity contribution in [3.63, 3.8) is 0 Å². The number of hydrogen-bond donors (Lipinski definition) is 2. The van der Waals surface area contributed by atoms with E-state index in [4.69, 9.17) is 5.73 Å². The first-order valence-electron chi connectivity index (χ1n) is 7.19. The van der Waals surface area contributed by atoms with Crippen molar-refractivity contribution in [1.82, 2.24) is 4.72 Å². The van der Waals surface area contributed by atoms with Gasteiger partial charge in [-0.3, -0.25) is 0 Å². The minimum Gasteiger partial charge on any atom is -0.324 e.